The number of ether oxygens (including phenoxy) is 1. The van der Waals surface area contributed by atoms with Crippen molar-refractivity contribution in [1.82, 2.24) is 14.8 Å². The van der Waals surface area contributed by atoms with Gasteiger partial charge in [-0.05, 0) is 60.1 Å². The summed E-state index contributed by atoms with van der Waals surface area (Å²) >= 11 is 3.52. The summed E-state index contributed by atoms with van der Waals surface area (Å²) in [6, 6.07) is 8.96. The number of halogens is 1. The number of anilines is 2. The first-order valence-electron chi connectivity index (χ1n) is 8.38. The molecule has 0 aliphatic rings. The van der Waals surface area contributed by atoms with Crippen LogP contribution in [0, 0.1) is 6.92 Å². The third-order valence-electron chi connectivity index (χ3n) is 4.07. The van der Waals surface area contributed by atoms with Crippen LogP contribution in [0.4, 0.5) is 11.4 Å². The minimum absolute atomic E-state index is 0.384. The van der Waals surface area contributed by atoms with E-state index in [0.717, 1.165) is 33.8 Å². The second kappa shape index (κ2) is 7.79. The summed E-state index contributed by atoms with van der Waals surface area (Å²) in [5.74, 6) is 0.0152. The maximum Gasteiger partial charge on any atom is 0.248 e. The molecular formula is C19H20BrN5O2. The topological polar surface area (TPSA) is 95.1 Å². The molecule has 2 aromatic heterocycles. The minimum atomic E-state index is -0.504. The van der Waals surface area contributed by atoms with Gasteiger partial charge in [0.2, 0.25) is 5.91 Å². The number of nitrogens with one attached hydrogen (secondary N) is 1. The van der Waals surface area contributed by atoms with Crippen LogP contribution in [0.15, 0.2) is 41.0 Å². The van der Waals surface area contributed by atoms with E-state index in [1.54, 1.807) is 31.5 Å². The summed E-state index contributed by atoms with van der Waals surface area (Å²) in [6.45, 7) is 4.75. The normalized spacial score (nSPS) is 10.7. The molecule has 0 unspecified atom stereocenters. The standard InChI is InChI=1S/C19H20BrN5O2/c1-4-25-17(7-11(2)24-25)16-9-15(13(20)10-22-16)23-14-6-5-12(19(21)26)8-18(14)27-3/h5-10H,4H2,1-3H3,(H2,21,26)(H,22,23). The summed E-state index contributed by atoms with van der Waals surface area (Å²) < 4.78 is 8.10. The molecule has 1 aromatic carbocycles. The SMILES string of the molecule is CCn1nc(C)cc1-c1cc(Nc2ccc(C(N)=O)cc2OC)c(Br)cn1. The van der Waals surface area contributed by atoms with Crippen LogP contribution < -0.4 is 15.8 Å². The van der Waals surface area contributed by atoms with Crippen LogP contribution in [0.3, 0.4) is 0 Å². The Morgan fingerprint density at radius 1 is 1.30 bits per heavy atom. The zero-order chi connectivity index (χ0) is 19.6. The van der Waals surface area contributed by atoms with Gasteiger partial charge in [-0.3, -0.25) is 14.5 Å². The predicted octanol–water partition coefficient (Wildman–Crippen LogP) is 3.89. The lowest BCUT2D eigenvalue weighted by atomic mass is 10.1. The first kappa shape index (κ1) is 18.9. The summed E-state index contributed by atoms with van der Waals surface area (Å²) in [6.07, 6.45) is 1.74. The highest BCUT2D eigenvalue weighted by molar-refractivity contribution is 9.10. The monoisotopic (exact) mass is 429 g/mol. The van der Waals surface area contributed by atoms with Crippen molar-refractivity contribution in [3.63, 3.8) is 0 Å². The number of nitrogens with zero attached hydrogens (tertiary/aromatic N) is 3. The number of carbonyl (C=O) groups is 1. The number of primary amides is 1. The molecule has 0 aliphatic heterocycles. The molecule has 0 saturated heterocycles. The van der Waals surface area contributed by atoms with E-state index in [9.17, 15) is 4.79 Å². The van der Waals surface area contributed by atoms with Gasteiger partial charge in [0, 0.05) is 18.3 Å². The second-order valence-corrected chi connectivity index (χ2v) is 6.79. The molecule has 0 radical (unpaired) electrons. The highest BCUT2D eigenvalue weighted by atomic mass is 79.9. The second-order valence-electron chi connectivity index (χ2n) is 5.94. The van der Waals surface area contributed by atoms with Crippen molar-refractivity contribution in [3.8, 4) is 17.1 Å². The van der Waals surface area contributed by atoms with Crippen molar-refractivity contribution in [2.75, 3.05) is 12.4 Å². The Morgan fingerprint density at radius 2 is 2.07 bits per heavy atom. The van der Waals surface area contributed by atoms with Crippen molar-refractivity contribution in [2.45, 2.75) is 20.4 Å². The lowest BCUT2D eigenvalue weighted by Gasteiger charge is -2.14. The Hall–Kier alpha value is -2.87. The summed E-state index contributed by atoms with van der Waals surface area (Å²) in [4.78, 5) is 15.9. The smallest absolute Gasteiger partial charge is 0.248 e. The third-order valence-corrected chi connectivity index (χ3v) is 4.71. The van der Waals surface area contributed by atoms with Crippen molar-refractivity contribution in [2.24, 2.45) is 5.73 Å². The van der Waals surface area contributed by atoms with Crippen LogP contribution in [-0.4, -0.2) is 27.8 Å². The molecule has 1 amide bonds. The molecular weight excluding hydrogens is 410 g/mol. The number of carbonyl (C=O) groups excluding carboxylic acids is 1. The molecule has 0 saturated carbocycles. The molecule has 0 bridgehead atoms. The van der Waals surface area contributed by atoms with Crippen LogP contribution in [0.5, 0.6) is 5.75 Å². The number of methoxy groups -OCH3 is 1. The highest BCUT2D eigenvalue weighted by Crippen LogP contribution is 2.34. The van der Waals surface area contributed by atoms with Crippen molar-refractivity contribution >= 4 is 33.2 Å². The lowest BCUT2D eigenvalue weighted by molar-refractivity contribution is 0.1000. The average Bonchev–Trinajstić information content (AvgIpc) is 3.04. The Bertz CT molecular complexity index is 1000. The number of pyridine rings is 1. The van der Waals surface area contributed by atoms with Crippen molar-refractivity contribution in [1.29, 1.82) is 0 Å². The number of hydrogen-bond donors (Lipinski definition) is 2. The van der Waals surface area contributed by atoms with Crippen LogP contribution in [-0.2, 0) is 6.54 Å². The van der Waals surface area contributed by atoms with E-state index < -0.39 is 5.91 Å². The largest absolute Gasteiger partial charge is 0.495 e. The van der Waals surface area contributed by atoms with Gasteiger partial charge < -0.3 is 15.8 Å². The molecule has 0 fully saturated rings. The Kier molecular flexibility index (Phi) is 5.46. The molecule has 140 valence electrons. The quantitative estimate of drug-likeness (QED) is 0.619. The molecule has 7 nitrogen and oxygen atoms in total. The zero-order valence-electron chi connectivity index (χ0n) is 15.3. The molecule has 0 spiro atoms. The number of hydrogen-bond acceptors (Lipinski definition) is 5. The zero-order valence-corrected chi connectivity index (χ0v) is 16.9. The van der Waals surface area contributed by atoms with Gasteiger partial charge in [0.1, 0.15) is 5.75 Å². The van der Waals surface area contributed by atoms with E-state index in [4.69, 9.17) is 10.5 Å². The average molecular weight is 430 g/mol. The molecule has 27 heavy (non-hydrogen) atoms. The van der Waals surface area contributed by atoms with Crippen molar-refractivity contribution in [3.05, 3.63) is 52.3 Å². The lowest BCUT2D eigenvalue weighted by Crippen LogP contribution is -2.11. The van der Waals surface area contributed by atoms with E-state index in [2.05, 4.69) is 31.3 Å². The fourth-order valence-electron chi connectivity index (χ4n) is 2.76. The van der Waals surface area contributed by atoms with Gasteiger partial charge in [-0.2, -0.15) is 5.10 Å². The van der Waals surface area contributed by atoms with E-state index in [1.807, 2.05) is 30.7 Å². The van der Waals surface area contributed by atoms with E-state index in [0.29, 0.717) is 17.0 Å². The van der Waals surface area contributed by atoms with Gasteiger partial charge in [-0.1, -0.05) is 0 Å². The minimum Gasteiger partial charge on any atom is -0.495 e. The van der Waals surface area contributed by atoms with Crippen LogP contribution in [0.25, 0.3) is 11.4 Å². The highest BCUT2D eigenvalue weighted by Gasteiger charge is 2.13. The van der Waals surface area contributed by atoms with Crippen molar-refractivity contribution < 1.29 is 9.53 Å². The van der Waals surface area contributed by atoms with Gasteiger partial charge in [0.15, 0.2) is 0 Å². The third kappa shape index (κ3) is 3.95. The van der Waals surface area contributed by atoms with Crippen LogP contribution in [0.2, 0.25) is 0 Å². The van der Waals surface area contributed by atoms with Gasteiger partial charge in [-0.25, -0.2) is 0 Å². The number of nitrogens with two attached hydrogens (primary N) is 1. The predicted molar refractivity (Wildman–Crippen MR) is 108 cm³/mol. The molecule has 3 rings (SSSR count). The fourth-order valence-corrected chi connectivity index (χ4v) is 3.08. The Labute approximate surface area is 165 Å². The maximum absolute atomic E-state index is 11.4. The van der Waals surface area contributed by atoms with E-state index in [1.165, 1.54) is 0 Å². The van der Waals surface area contributed by atoms with Gasteiger partial charge in [-0.15, -0.1) is 0 Å². The first-order chi connectivity index (χ1) is 12.9. The van der Waals surface area contributed by atoms with Gasteiger partial charge in [0.05, 0.1) is 40.0 Å². The van der Waals surface area contributed by atoms with Gasteiger partial charge in [0.25, 0.3) is 0 Å². The number of rotatable bonds is 6. The number of aryl methyl sites for hydroxylation is 2. The molecule has 2 heterocycles. The van der Waals surface area contributed by atoms with E-state index in [-0.39, 0.29) is 0 Å². The maximum atomic E-state index is 11.4. The first-order valence-corrected chi connectivity index (χ1v) is 9.17. The Morgan fingerprint density at radius 3 is 2.74 bits per heavy atom. The Balaban J connectivity index is 1.99. The summed E-state index contributed by atoms with van der Waals surface area (Å²) in [5, 5.41) is 7.79. The number of aromatic nitrogens is 3. The van der Waals surface area contributed by atoms with Crippen LogP contribution in [0.1, 0.15) is 23.0 Å². The fraction of sp³-hybridized carbons (Fsp3) is 0.211. The van der Waals surface area contributed by atoms with E-state index >= 15 is 0 Å². The molecule has 3 aromatic rings. The molecule has 0 aliphatic carbocycles. The number of amides is 1. The van der Waals surface area contributed by atoms with Gasteiger partial charge >= 0.3 is 0 Å². The molecule has 0 atom stereocenters. The number of benzene rings is 1. The van der Waals surface area contributed by atoms with Crippen LogP contribution >= 0.6 is 15.9 Å². The molecule has 8 heteroatoms. The summed E-state index contributed by atoms with van der Waals surface area (Å²) in [5.41, 5.74) is 9.93. The molecule has 3 N–H and O–H groups in total. The summed E-state index contributed by atoms with van der Waals surface area (Å²) in [7, 11) is 1.54.